The van der Waals surface area contributed by atoms with Crippen LogP contribution in [-0.4, -0.2) is 21.6 Å². The number of fused-ring (bicyclic) bond motifs is 3. The SMILES string of the molecule is COc1ccc(-c2nc3sc4ccccc4c3c(=O)n2Cc2cnc(C)s2)c(C2CC2)c1. The topological polar surface area (TPSA) is 57.0 Å². The maximum atomic E-state index is 13.9. The highest BCUT2D eigenvalue weighted by Gasteiger charge is 2.29. The summed E-state index contributed by atoms with van der Waals surface area (Å²) in [5, 5.41) is 2.67. The van der Waals surface area contributed by atoms with Crippen LogP contribution >= 0.6 is 22.7 Å². The molecular formula is C25H21N3O2S2. The van der Waals surface area contributed by atoms with E-state index in [-0.39, 0.29) is 5.56 Å². The van der Waals surface area contributed by atoms with E-state index < -0.39 is 0 Å². The second kappa shape index (κ2) is 7.53. The Labute approximate surface area is 193 Å². The van der Waals surface area contributed by atoms with E-state index in [9.17, 15) is 4.79 Å². The number of benzene rings is 2. The second-order valence-electron chi connectivity index (χ2n) is 8.18. The van der Waals surface area contributed by atoms with Gasteiger partial charge in [0, 0.05) is 26.7 Å². The number of hydrogen-bond acceptors (Lipinski definition) is 6. The number of thiophene rings is 1. The van der Waals surface area contributed by atoms with Crippen molar-refractivity contribution in [3.05, 3.63) is 74.5 Å². The molecule has 1 fully saturated rings. The summed E-state index contributed by atoms with van der Waals surface area (Å²) in [4.78, 5) is 25.3. The van der Waals surface area contributed by atoms with Crippen molar-refractivity contribution in [1.29, 1.82) is 0 Å². The fraction of sp³-hybridized carbons (Fsp3) is 0.240. The molecule has 6 rings (SSSR count). The van der Waals surface area contributed by atoms with Crippen molar-refractivity contribution >= 4 is 43.0 Å². The molecule has 5 nitrogen and oxygen atoms in total. The maximum absolute atomic E-state index is 13.9. The fourth-order valence-corrected chi connectivity index (χ4v) is 6.15. The summed E-state index contributed by atoms with van der Waals surface area (Å²) in [5.41, 5.74) is 2.24. The van der Waals surface area contributed by atoms with Crippen molar-refractivity contribution in [2.24, 2.45) is 0 Å². The number of ether oxygens (including phenoxy) is 1. The zero-order chi connectivity index (χ0) is 21.8. The molecule has 0 atom stereocenters. The van der Waals surface area contributed by atoms with Crippen LogP contribution < -0.4 is 10.3 Å². The first-order valence-electron chi connectivity index (χ1n) is 10.6. The number of rotatable bonds is 5. The van der Waals surface area contributed by atoms with Crippen molar-refractivity contribution in [2.45, 2.75) is 32.2 Å². The third-order valence-electron chi connectivity index (χ3n) is 6.00. The van der Waals surface area contributed by atoms with Gasteiger partial charge < -0.3 is 4.74 Å². The quantitative estimate of drug-likeness (QED) is 0.325. The Morgan fingerprint density at radius 1 is 1.16 bits per heavy atom. The van der Waals surface area contributed by atoms with Crippen LogP contribution in [0.1, 0.15) is 34.2 Å². The molecule has 1 aliphatic rings. The van der Waals surface area contributed by atoms with Gasteiger partial charge in [-0.2, -0.15) is 0 Å². The molecule has 0 saturated heterocycles. The van der Waals surface area contributed by atoms with Gasteiger partial charge in [-0.05, 0) is 55.5 Å². The predicted octanol–water partition coefficient (Wildman–Crippen LogP) is 5.98. The average molecular weight is 460 g/mol. The molecule has 7 heteroatoms. The lowest BCUT2D eigenvalue weighted by Gasteiger charge is -2.16. The highest BCUT2D eigenvalue weighted by atomic mass is 32.1. The van der Waals surface area contributed by atoms with Crippen LogP contribution in [0.4, 0.5) is 0 Å². The van der Waals surface area contributed by atoms with Crippen molar-refractivity contribution in [3.63, 3.8) is 0 Å². The summed E-state index contributed by atoms with van der Waals surface area (Å²) in [6.45, 7) is 2.45. The van der Waals surface area contributed by atoms with Gasteiger partial charge in [-0.25, -0.2) is 9.97 Å². The van der Waals surface area contributed by atoms with Gasteiger partial charge in [-0.15, -0.1) is 22.7 Å². The van der Waals surface area contributed by atoms with Crippen LogP contribution in [0.25, 0.3) is 31.7 Å². The van der Waals surface area contributed by atoms with Gasteiger partial charge in [-0.3, -0.25) is 9.36 Å². The third-order valence-corrected chi connectivity index (χ3v) is 7.96. The summed E-state index contributed by atoms with van der Waals surface area (Å²) in [6.07, 6.45) is 4.18. The first-order valence-corrected chi connectivity index (χ1v) is 12.3. The summed E-state index contributed by atoms with van der Waals surface area (Å²) >= 11 is 3.20. The molecule has 0 unspecified atom stereocenters. The molecule has 0 spiro atoms. The first kappa shape index (κ1) is 19.6. The van der Waals surface area contributed by atoms with Gasteiger partial charge >= 0.3 is 0 Å². The van der Waals surface area contributed by atoms with Crippen LogP contribution in [-0.2, 0) is 6.54 Å². The van der Waals surface area contributed by atoms with Gasteiger partial charge in [0.05, 0.1) is 24.0 Å². The molecule has 5 aromatic rings. The highest BCUT2D eigenvalue weighted by Crippen LogP contribution is 2.45. The van der Waals surface area contributed by atoms with Crippen LogP contribution in [0.2, 0.25) is 0 Å². The summed E-state index contributed by atoms with van der Waals surface area (Å²) in [5.74, 6) is 2.06. The number of hydrogen-bond donors (Lipinski definition) is 0. The van der Waals surface area contributed by atoms with Gasteiger partial charge in [0.25, 0.3) is 5.56 Å². The van der Waals surface area contributed by atoms with Crippen LogP contribution in [0.3, 0.4) is 0 Å². The Morgan fingerprint density at radius 2 is 2.00 bits per heavy atom. The summed E-state index contributed by atoms with van der Waals surface area (Å²) < 4.78 is 8.41. The first-order chi connectivity index (χ1) is 15.6. The van der Waals surface area contributed by atoms with Gasteiger partial charge in [0.2, 0.25) is 0 Å². The highest BCUT2D eigenvalue weighted by molar-refractivity contribution is 7.25. The normalized spacial score (nSPS) is 13.8. The van der Waals surface area contributed by atoms with Crippen molar-refractivity contribution in [3.8, 4) is 17.1 Å². The third kappa shape index (κ3) is 3.24. The predicted molar refractivity (Wildman–Crippen MR) is 131 cm³/mol. The van der Waals surface area contributed by atoms with Crippen molar-refractivity contribution in [1.82, 2.24) is 14.5 Å². The molecular weight excluding hydrogens is 438 g/mol. The molecule has 0 aliphatic heterocycles. The number of nitrogens with zero attached hydrogens (tertiary/aromatic N) is 3. The zero-order valence-corrected chi connectivity index (χ0v) is 19.4. The van der Waals surface area contributed by atoms with E-state index in [1.165, 1.54) is 5.56 Å². The van der Waals surface area contributed by atoms with E-state index in [0.29, 0.717) is 17.8 Å². The Kier molecular flexibility index (Phi) is 4.62. The minimum atomic E-state index is 0.00562. The van der Waals surface area contributed by atoms with Gasteiger partial charge in [0.1, 0.15) is 16.4 Å². The van der Waals surface area contributed by atoms with Gasteiger partial charge in [-0.1, -0.05) is 18.2 Å². The average Bonchev–Trinajstić information content (AvgIpc) is 3.47. The lowest BCUT2D eigenvalue weighted by atomic mass is 10.0. The Bertz CT molecular complexity index is 1540. The van der Waals surface area contributed by atoms with E-state index in [0.717, 1.165) is 54.8 Å². The molecule has 0 radical (unpaired) electrons. The number of aromatic nitrogens is 3. The Morgan fingerprint density at radius 3 is 2.75 bits per heavy atom. The molecule has 0 amide bonds. The lowest BCUT2D eigenvalue weighted by Crippen LogP contribution is -2.23. The monoisotopic (exact) mass is 459 g/mol. The van der Waals surface area contributed by atoms with Crippen LogP contribution in [0.5, 0.6) is 5.75 Å². The fourth-order valence-electron chi connectivity index (χ4n) is 4.30. The number of thiazole rings is 1. The van der Waals surface area contributed by atoms with Crippen LogP contribution in [0.15, 0.2) is 53.5 Å². The van der Waals surface area contributed by atoms with E-state index in [1.54, 1.807) is 29.8 Å². The van der Waals surface area contributed by atoms with Gasteiger partial charge in [0.15, 0.2) is 0 Å². The smallest absolute Gasteiger partial charge is 0.263 e. The van der Waals surface area contributed by atoms with E-state index >= 15 is 0 Å². The van der Waals surface area contributed by atoms with Crippen molar-refractivity contribution < 1.29 is 4.74 Å². The molecule has 3 aromatic heterocycles. The molecule has 32 heavy (non-hydrogen) atoms. The minimum Gasteiger partial charge on any atom is -0.497 e. The zero-order valence-electron chi connectivity index (χ0n) is 17.8. The molecule has 0 N–H and O–H groups in total. The standard InChI is InChI=1S/C25H21N3O2S2/c1-14-26-12-17(31-14)13-28-23(18-10-9-16(30-2)11-20(18)15-7-8-15)27-24-22(25(28)29)19-5-3-4-6-21(19)32-24/h3-6,9-12,15H,7-8,13H2,1-2H3. The molecule has 3 heterocycles. The minimum absolute atomic E-state index is 0.00562. The lowest BCUT2D eigenvalue weighted by molar-refractivity contribution is 0.414. The number of methoxy groups -OCH3 is 1. The van der Waals surface area contributed by atoms with E-state index in [4.69, 9.17) is 9.72 Å². The molecule has 1 saturated carbocycles. The summed E-state index contributed by atoms with van der Waals surface area (Å²) in [7, 11) is 1.69. The van der Waals surface area contributed by atoms with E-state index in [2.05, 4.69) is 23.2 Å². The Balaban J connectivity index is 1.66. The van der Waals surface area contributed by atoms with Crippen molar-refractivity contribution in [2.75, 3.05) is 7.11 Å². The maximum Gasteiger partial charge on any atom is 0.263 e. The van der Waals surface area contributed by atoms with E-state index in [1.807, 2.05) is 42.0 Å². The Hall–Kier alpha value is -3.03. The molecule has 2 aromatic carbocycles. The second-order valence-corrected chi connectivity index (χ2v) is 10.5. The number of aryl methyl sites for hydroxylation is 1. The summed E-state index contributed by atoms with van der Waals surface area (Å²) in [6, 6.07) is 14.2. The molecule has 0 bridgehead atoms. The largest absolute Gasteiger partial charge is 0.497 e. The van der Waals surface area contributed by atoms with Crippen LogP contribution in [0, 0.1) is 6.92 Å². The molecule has 1 aliphatic carbocycles. The molecule has 160 valence electrons.